The van der Waals surface area contributed by atoms with Crippen LogP contribution in [0.25, 0.3) is 43.8 Å². The third-order valence-electron chi connectivity index (χ3n) is 8.50. The summed E-state index contributed by atoms with van der Waals surface area (Å²) < 4.78 is 0. The highest BCUT2D eigenvalue weighted by Crippen LogP contribution is 2.50. The summed E-state index contributed by atoms with van der Waals surface area (Å²) in [6.07, 6.45) is 0. The molecule has 0 fully saturated rings. The van der Waals surface area contributed by atoms with Crippen molar-refractivity contribution in [3.05, 3.63) is 105 Å². The molecule has 0 atom stereocenters. The van der Waals surface area contributed by atoms with E-state index in [1.54, 1.807) is 0 Å². The van der Waals surface area contributed by atoms with Crippen molar-refractivity contribution in [2.75, 3.05) is 0 Å². The maximum Gasteiger partial charge on any atom is -0.00206 e. The molecule has 34 heavy (non-hydrogen) atoms. The number of aryl methyl sites for hydroxylation is 4. The van der Waals surface area contributed by atoms with Crippen molar-refractivity contribution in [1.82, 2.24) is 0 Å². The van der Waals surface area contributed by atoms with Crippen LogP contribution in [0.1, 0.15) is 44.5 Å². The third-order valence-corrected chi connectivity index (χ3v) is 8.50. The van der Waals surface area contributed by atoms with Crippen LogP contribution in [0.15, 0.2) is 60.7 Å². The van der Waals surface area contributed by atoms with Crippen molar-refractivity contribution < 1.29 is 0 Å². The second kappa shape index (κ2) is 8.13. The minimum absolute atomic E-state index is 1.30. The summed E-state index contributed by atoms with van der Waals surface area (Å²) in [4.78, 5) is 0. The predicted octanol–water partition coefficient (Wildman–Crippen LogP) is 9.79. The van der Waals surface area contributed by atoms with Crippen molar-refractivity contribution in [1.29, 1.82) is 0 Å². The smallest absolute Gasteiger partial charge is 0.00206 e. The Morgan fingerprint density at radius 2 is 0.529 bits per heavy atom. The van der Waals surface area contributed by atoms with Gasteiger partial charge in [-0.1, -0.05) is 60.7 Å². The first-order valence-corrected chi connectivity index (χ1v) is 12.3. The van der Waals surface area contributed by atoms with Gasteiger partial charge in [0.2, 0.25) is 0 Å². The first kappa shape index (κ1) is 22.4. The Kier molecular flexibility index (Phi) is 5.36. The third kappa shape index (κ3) is 3.05. The summed E-state index contributed by atoms with van der Waals surface area (Å²) in [6.45, 7) is 18.4. The van der Waals surface area contributed by atoms with Gasteiger partial charge in [0.1, 0.15) is 0 Å². The summed E-state index contributed by atoms with van der Waals surface area (Å²) in [6, 6.07) is 22.0. The van der Waals surface area contributed by atoms with Gasteiger partial charge in [0, 0.05) is 0 Å². The fraction of sp³-hybridized carbons (Fsp3) is 0.235. The number of benzene rings is 5. The highest BCUT2D eigenvalue weighted by molar-refractivity contribution is 6.25. The Labute approximate surface area is 204 Å². The van der Waals surface area contributed by atoms with Crippen LogP contribution >= 0.6 is 0 Å². The molecular weight excluding hydrogens is 408 g/mol. The average molecular weight is 443 g/mol. The van der Waals surface area contributed by atoms with Gasteiger partial charge in [0.15, 0.2) is 0 Å². The van der Waals surface area contributed by atoms with Crippen molar-refractivity contribution in [3.63, 3.8) is 0 Å². The average Bonchev–Trinajstić information content (AvgIpc) is 2.87. The van der Waals surface area contributed by atoms with Crippen LogP contribution in [-0.2, 0) is 0 Å². The SMILES string of the molecule is Cc1c(C)c(C)c2c(-c3ccccc3)c3c(C)c(C)c(C)c(C)c3c(-c3ccccc3)c2c1C. The van der Waals surface area contributed by atoms with Gasteiger partial charge < -0.3 is 0 Å². The van der Waals surface area contributed by atoms with Crippen molar-refractivity contribution >= 4 is 21.5 Å². The minimum atomic E-state index is 1.30. The molecule has 0 aliphatic carbocycles. The Balaban J connectivity index is 2.26. The van der Waals surface area contributed by atoms with Gasteiger partial charge in [-0.05, 0) is 144 Å². The summed E-state index contributed by atoms with van der Waals surface area (Å²) in [7, 11) is 0. The lowest BCUT2D eigenvalue weighted by molar-refractivity contribution is 1.24. The van der Waals surface area contributed by atoms with Crippen LogP contribution in [0.5, 0.6) is 0 Å². The second-order valence-electron chi connectivity index (χ2n) is 9.98. The van der Waals surface area contributed by atoms with Crippen molar-refractivity contribution in [2.45, 2.75) is 55.4 Å². The van der Waals surface area contributed by atoms with Crippen molar-refractivity contribution in [3.8, 4) is 22.3 Å². The van der Waals surface area contributed by atoms with Crippen LogP contribution < -0.4 is 0 Å². The molecule has 0 saturated heterocycles. The monoisotopic (exact) mass is 442 g/mol. The molecule has 5 aromatic carbocycles. The summed E-state index contributed by atoms with van der Waals surface area (Å²) >= 11 is 0. The molecule has 0 radical (unpaired) electrons. The standard InChI is InChI=1S/C34H34/c1-19-20(2)24(6)30-29(23(19)5)33(27-15-11-9-12-16-27)31-25(7)21(3)22(4)26(8)32(31)34(30)28-17-13-10-14-18-28/h9-18H,1-8H3. The summed E-state index contributed by atoms with van der Waals surface area (Å²) in [5, 5.41) is 5.63. The van der Waals surface area contributed by atoms with Gasteiger partial charge in [0.25, 0.3) is 0 Å². The highest BCUT2D eigenvalue weighted by atomic mass is 14.3. The van der Waals surface area contributed by atoms with E-state index in [1.165, 1.54) is 88.3 Å². The van der Waals surface area contributed by atoms with E-state index < -0.39 is 0 Å². The Morgan fingerprint density at radius 1 is 0.294 bits per heavy atom. The maximum atomic E-state index is 2.32. The molecular formula is C34H34. The molecule has 0 aliphatic heterocycles. The van der Waals surface area contributed by atoms with Crippen LogP contribution in [0.2, 0.25) is 0 Å². The van der Waals surface area contributed by atoms with Crippen molar-refractivity contribution in [2.24, 2.45) is 0 Å². The van der Waals surface area contributed by atoms with E-state index in [9.17, 15) is 0 Å². The largest absolute Gasteiger partial charge is 0.0622 e. The fourth-order valence-corrected chi connectivity index (χ4v) is 5.91. The molecule has 0 spiro atoms. The molecule has 0 nitrogen and oxygen atoms in total. The minimum Gasteiger partial charge on any atom is -0.0622 e. The van der Waals surface area contributed by atoms with Gasteiger partial charge in [-0.25, -0.2) is 0 Å². The van der Waals surface area contributed by atoms with Gasteiger partial charge in [0.05, 0.1) is 0 Å². The van der Waals surface area contributed by atoms with Gasteiger partial charge in [-0.15, -0.1) is 0 Å². The summed E-state index contributed by atoms with van der Waals surface area (Å²) in [5.74, 6) is 0. The molecule has 0 heterocycles. The van der Waals surface area contributed by atoms with E-state index in [0.717, 1.165) is 0 Å². The molecule has 0 aliphatic rings. The van der Waals surface area contributed by atoms with Crippen LogP contribution in [-0.4, -0.2) is 0 Å². The first-order valence-electron chi connectivity index (χ1n) is 12.3. The Morgan fingerprint density at radius 3 is 0.765 bits per heavy atom. The first-order chi connectivity index (χ1) is 16.3. The molecule has 0 saturated carbocycles. The number of hydrogen-bond donors (Lipinski definition) is 0. The van der Waals surface area contributed by atoms with E-state index in [2.05, 4.69) is 116 Å². The molecule has 0 heteroatoms. The van der Waals surface area contributed by atoms with Gasteiger partial charge in [-0.3, -0.25) is 0 Å². The molecule has 0 unspecified atom stereocenters. The molecule has 170 valence electrons. The molecule has 0 amide bonds. The Hall–Kier alpha value is -3.38. The molecule has 0 N–H and O–H groups in total. The quantitative estimate of drug-likeness (QED) is 0.239. The lowest BCUT2D eigenvalue weighted by atomic mass is 9.77. The van der Waals surface area contributed by atoms with Gasteiger partial charge in [-0.2, -0.15) is 0 Å². The van der Waals surface area contributed by atoms with Crippen LogP contribution in [0, 0.1) is 55.4 Å². The number of rotatable bonds is 2. The lowest BCUT2D eigenvalue weighted by Gasteiger charge is -2.27. The van der Waals surface area contributed by atoms with E-state index in [0.29, 0.717) is 0 Å². The van der Waals surface area contributed by atoms with E-state index in [1.807, 2.05) is 0 Å². The second-order valence-corrected chi connectivity index (χ2v) is 9.98. The van der Waals surface area contributed by atoms with E-state index in [-0.39, 0.29) is 0 Å². The lowest BCUT2D eigenvalue weighted by Crippen LogP contribution is -2.03. The summed E-state index contributed by atoms with van der Waals surface area (Å²) in [5.41, 5.74) is 16.6. The highest BCUT2D eigenvalue weighted by Gasteiger charge is 2.25. The molecule has 0 bridgehead atoms. The number of hydrogen-bond acceptors (Lipinski definition) is 0. The number of fused-ring (bicyclic) bond motifs is 2. The van der Waals surface area contributed by atoms with Crippen LogP contribution in [0.3, 0.4) is 0 Å². The maximum absolute atomic E-state index is 2.32. The van der Waals surface area contributed by atoms with Gasteiger partial charge >= 0.3 is 0 Å². The zero-order chi connectivity index (χ0) is 24.3. The predicted molar refractivity (Wildman–Crippen MR) is 150 cm³/mol. The topological polar surface area (TPSA) is 0 Å². The fourth-order valence-electron chi connectivity index (χ4n) is 5.91. The normalized spacial score (nSPS) is 11.5. The zero-order valence-corrected chi connectivity index (χ0v) is 21.8. The molecule has 5 rings (SSSR count). The van der Waals surface area contributed by atoms with Crippen LogP contribution in [0.4, 0.5) is 0 Å². The molecule has 5 aromatic rings. The molecule has 0 aromatic heterocycles. The van der Waals surface area contributed by atoms with E-state index in [4.69, 9.17) is 0 Å². The zero-order valence-electron chi connectivity index (χ0n) is 21.8. The Bertz CT molecular complexity index is 1380. The van der Waals surface area contributed by atoms with E-state index >= 15 is 0 Å².